The van der Waals surface area contributed by atoms with Gasteiger partial charge in [0.15, 0.2) is 0 Å². The predicted octanol–water partition coefficient (Wildman–Crippen LogP) is 1.85. The highest BCUT2D eigenvalue weighted by molar-refractivity contribution is 6.35. The molecule has 0 amide bonds. The summed E-state index contributed by atoms with van der Waals surface area (Å²) in [5.74, 6) is -3.67. The SMILES string of the molecule is CN1C2CCC1CC(C(CC(=O)O)(C(=O)C(=O)O)C1CC3CCC(C1)N3C)C2. The van der Waals surface area contributed by atoms with E-state index in [9.17, 15) is 24.6 Å². The Morgan fingerprint density at radius 1 is 0.786 bits per heavy atom. The molecule has 0 saturated carbocycles. The van der Waals surface area contributed by atoms with Crippen LogP contribution in [0.15, 0.2) is 0 Å². The monoisotopic (exact) mass is 392 g/mol. The van der Waals surface area contributed by atoms with Gasteiger partial charge in [-0.05, 0) is 77.3 Å². The van der Waals surface area contributed by atoms with Gasteiger partial charge in [-0.15, -0.1) is 0 Å². The molecular formula is C21H32N2O5. The van der Waals surface area contributed by atoms with Crippen LogP contribution in [0.25, 0.3) is 0 Å². The summed E-state index contributed by atoms with van der Waals surface area (Å²) < 4.78 is 0. The summed E-state index contributed by atoms with van der Waals surface area (Å²) in [5, 5.41) is 19.5. The van der Waals surface area contributed by atoms with Crippen molar-refractivity contribution in [3.05, 3.63) is 0 Å². The maximum atomic E-state index is 13.2. The highest BCUT2D eigenvalue weighted by atomic mass is 16.4. The third kappa shape index (κ3) is 2.98. The van der Waals surface area contributed by atoms with Crippen molar-refractivity contribution in [2.45, 2.75) is 82.0 Å². The predicted molar refractivity (Wildman–Crippen MR) is 102 cm³/mol. The fourth-order valence-corrected chi connectivity index (χ4v) is 7.19. The number of carboxylic acid groups (broad SMARTS) is 2. The van der Waals surface area contributed by atoms with Crippen molar-refractivity contribution in [3.8, 4) is 0 Å². The van der Waals surface area contributed by atoms with Gasteiger partial charge in [0, 0.05) is 24.2 Å². The van der Waals surface area contributed by atoms with E-state index in [1.165, 1.54) is 0 Å². The zero-order valence-corrected chi connectivity index (χ0v) is 16.8. The van der Waals surface area contributed by atoms with Crippen LogP contribution in [-0.4, -0.2) is 76.0 Å². The summed E-state index contributed by atoms with van der Waals surface area (Å²) >= 11 is 0. The van der Waals surface area contributed by atoms with E-state index in [4.69, 9.17) is 0 Å². The second-order valence-corrected chi connectivity index (χ2v) is 9.68. The van der Waals surface area contributed by atoms with Gasteiger partial charge in [-0.2, -0.15) is 0 Å². The number of hydrogen-bond acceptors (Lipinski definition) is 5. The van der Waals surface area contributed by atoms with E-state index in [1.807, 2.05) is 0 Å². The lowest BCUT2D eigenvalue weighted by Gasteiger charge is -2.51. The summed E-state index contributed by atoms with van der Waals surface area (Å²) in [7, 11) is 4.21. The highest BCUT2D eigenvalue weighted by Gasteiger charge is 2.60. The molecular weight excluding hydrogens is 360 g/mol. The number of ketones is 1. The Morgan fingerprint density at radius 3 is 1.43 bits per heavy atom. The van der Waals surface area contributed by atoms with Gasteiger partial charge in [-0.1, -0.05) is 0 Å². The normalized spacial score (nSPS) is 40.2. The second-order valence-electron chi connectivity index (χ2n) is 9.68. The molecule has 4 aliphatic heterocycles. The van der Waals surface area contributed by atoms with Crippen LogP contribution in [0.1, 0.15) is 57.8 Å². The Labute approximate surface area is 166 Å². The summed E-state index contributed by atoms with van der Waals surface area (Å²) in [4.78, 5) is 41.8. The fraction of sp³-hybridized carbons (Fsp3) is 0.857. The number of nitrogens with zero attached hydrogens (tertiary/aromatic N) is 2. The summed E-state index contributed by atoms with van der Waals surface area (Å²) in [6.07, 6.45) is 6.83. The Balaban J connectivity index is 1.74. The van der Waals surface area contributed by atoms with Gasteiger partial charge in [0.1, 0.15) is 0 Å². The van der Waals surface area contributed by atoms with E-state index in [1.54, 1.807) is 0 Å². The standard InChI is InChI=1S/C21H32N2O5/c1-22-14-3-4-15(22)8-12(7-14)21(11-18(24)25,19(26)20(27)28)13-9-16-5-6-17(10-13)23(16)2/h12-17H,3-11H2,1-2H3,(H,24,25)(H,27,28). The molecule has 0 aliphatic carbocycles. The largest absolute Gasteiger partial charge is 0.481 e. The number of hydrogen-bond donors (Lipinski definition) is 2. The van der Waals surface area contributed by atoms with Crippen LogP contribution in [0.5, 0.6) is 0 Å². The number of piperidine rings is 2. The van der Waals surface area contributed by atoms with E-state index >= 15 is 0 Å². The Kier molecular flexibility index (Phi) is 5.02. The average Bonchev–Trinajstić information content (AvgIpc) is 2.98. The van der Waals surface area contributed by atoms with Crippen molar-refractivity contribution in [3.63, 3.8) is 0 Å². The highest BCUT2D eigenvalue weighted by Crippen LogP contribution is 2.56. The van der Waals surface area contributed by atoms with Crippen LogP contribution in [-0.2, 0) is 14.4 Å². The van der Waals surface area contributed by atoms with Gasteiger partial charge in [0.05, 0.1) is 11.8 Å². The van der Waals surface area contributed by atoms with Crippen LogP contribution in [0.2, 0.25) is 0 Å². The topological polar surface area (TPSA) is 98.2 Å². The second kappa shape index (κ2) is 7.10. The van der Waals surface area contributed by atoms with Gasteiger partial charge in [0.2, 0.25) is 5.78 Å². The summed E-state index contributed by atoms with van der Waals surface area (Å²) in [5.41, 5.74) is -1.28. The number of rotatable bonds is 6. The Morgan fingerprint density at radius 2 is 1.14 bits per heavy atom. The molecule has 2 N–H and O–H groups in total. The summed E-state index contributed by atoms with van der Waals surface area (Å²) in [6.45, 7) is 0. The number of carbonyl (C=O) groups excluding carboxylic acids is 1. The van der Waals surface area contributed by atoms with Crippen molar-refractivity contribution in [1.29, 1.82) is 0 Å². The van der Waals surface area contributed by atoms with Crippen molar-refractivity contribution >= 4 is 17.7 Å². The molecule has 0 aromatic rings. The van der Waals surface area contributed by atoms with Crippen molar-refractivity contribution < 1.29 is 24.6 Å². The maximum absolute atomic E-state index is 13.2. The van der Waals surface area contributed by atoms with Gasteiger partial charge in [-0.3, -0.25) is 9.59 Å². The number of fused-ring (bicyclic) bond motifs is 4. The van der Waals surface area contributed by atoms with E-state index in [2.05, 4.69) is 23.9 Å². The molecule has 4 unspecified atom stereocenters. The molecule has 0 aromatic heterocycles. The van der Waals surface area contributed by atoms with Crippen LogP contribution in [0.4, 0.5) is 0 Å². The van der Waals surface area contributed by atoms with Crippen LogP contribution in [0, 0.1) is 17.3 Å². The third-order valence-corrected chi connectivity index (χ3v) is 8.71. The molecule has 7 nitrogen and oxygen atoms in total. The Bertz CT molecular complexity index is 618. The molecule has 28 heavy (non-hydrogen) atoms. The molecule has 4 aliphatic rings. The first-order valence-corrected chi connectivity index (χ1v) is 10.7. The van der Waals surface area contributed by atoms with E-state index in [0.29, 0.717) is 24.2 Å². The minimum absolute atomic E-state index is 0.159. The van der Waals surface area contributed by atoms with E-state index in [0.717, 1.165) is 51.4 Å². The maximum Gasteiger partial charge on any atom is 0.372 e. The van der Waals surface area contributed by atoms with Crippen molar-refractivity contribution in [2.75, 3.05) is 14.1 Å². The molecule has 4 fully saturated rings. The lowest BCUT2D eigenvalue weighted by molar-refractivity contribution is -0.166. The van der Waals surface area contributed by atoms with Crippen LogP contribution in [0.3, 0.4) is 0 Å². The average molecular weight is 392 g/mol. The minimum atomic E-state index is -1.46. The molecule has 156 valence electrons. The molecule has 4 saturated heterocycles. The molecule has 4 bridgehead atoms. The first-order valence-electron chi connectivity index (χ1n) is 10.7. The number of Topliss-reactive ketones (excluding diaryl/α,β-unsaturated/α-hetero) is 1. The first kappa shape index (κ1) is 19.8. The molecule has 4 heterocycles. The number of aliphatic carboxylic acids is 2. The lowest BCUT2D eigenvalue weighted by atomic mass is 9.55. The van der Waals surface area contributed by atoms with Gasteiger partial charge >= 0.3 is 11.9 Å². The van der Waals surface area contributed by atoms with E-state index in [-0.39, 0.29) is 18.3 Å². The minimum Gasteiger partial charge on any atom is -0.481 e. The lowest BCUT2D eigenvalue weighted by Crippen LogP contribution is -2.57. The molecule has 7 heteroatoms. The molecule has 4 atom stereocenters. The van der Waals surface area contributed by atoms with Gasteiger partial charge in [-0.25, -0.2) is 4.79 Å². The molecule has 0 aromatic carbocycles. The Hall–Kier alpha value is -1.47. The zero-order valence-electron chi connectivity index (χ0n) is 16.8. The molecule has 4 rings (SSSR count). The molecule has 0 spiro atoms. The summed E-state index contributed by atoms with van der Waals surface area (Å²) in [6, 6.07) is 1.34. The fourth-order valence-electron chi connectivity index (χ4n) is 7.19. The third-order valence-electron chi connectivity index (χ3n) is 8.71. The first-order chi connectivity index (χ1) is 13.2. The number of carbonyl (C=O) groups is 3. The number of carboxylic acids is 2. The smallest absolute Gasteiger partial charge is 0.372 e. The van der Waals surface area contributed by atoms with Crippen molar-refractivity contribution in [1.82, 2.24) is 9.80 Å². The van der Waals surface area contributed by atoms with Crippen LogP contribution < -0.4 is 0 Å². The quantitative estimate of drug-likeness (QED) is 0.666. The zero-order chi connectivity index (χ0) is 20.2. The van der Waals surface area contributed by atoms with Gasteiger partial charge in [0.25, 0.3) is 0 Å². The molecule has 0 radical (unpaired) electrons. The van der Waals surface area contributed by atoms with Gasteiger partial charge < -0.3 is 20.0 Å². The van der Waals surface area contributed by atoms with Crippen molar-refractivity contribution in [2.24, 2.45) is 17.3 Å². The van der Waals surface area contributed by atoms with E-state index < -0.39 is 23.1 Å². The van der Waals surface area contributed by atoms with Crippen LogP contribution >= 0.6 is 0 Å².